The van der Waals surface area contributed by atoms with Crippen LogP contribution in [0.1, 0.15) is 33.0 Å². The number of hydrogen-bond donors (Lipinski definition) is 1. The first-order valence-corrected chi connectivity index (χ1v) is 5.12. The van der Waals surface area contributed by atoms with Gasteiger partial charge in [0.1, 0.15) is 11.4 Å². The fraction of sp³-hybridized carbons (Fsp3) is 0.700. The summed E-state index contributed by atoms with van der Waals surface area (Å²) in [4.78, 5) is 22.4. The molecule has 0 saturated carbocycles. The van der Waals surface area contributed by atoms with Crippen molar-refractivity contribution in [1.29, 1.82) is 0 Å². The summed E-state index contributed by atoms with van der Waals surface area (Å²) in [5, 5.41) is 6.12. The van der Waals surface area contributed by atoms with Crippen molar-refractivity contribution >= 4 is 5.97 Å². The van der Waals surface area contributed by atoms with Gasteiger partial charge < -0.3 is 4.74 Å². The second-order valence-electron chi connectivity index (χ2n) is 4.59. The number of ether oxygens (including phenoxy) is 1. The first-order valence-electron chi connectivity index (χ1n) is 5.12. The zero-order valence-electron chi connectivity index (χ0n) is 10.0. The van der Waals surface area contributed by atoms with Crippen molar-refractivity contribution in [2.75, 3.05) is 0 Å². The Morgan fingerprint density at radius 1 is 1.50 bits per heavy atom. The number of rotatable bonds is 3. The van der Waals surface area contributed by atoms with Gasteiger partial charge in [-0.1, -0.05) is 0 Å². The van der Waals surface area contributed by atoms with E-state index >= 15 is 0 Å². The van der Waals surface area contributed by atoms with Gasteiger partial charge in [0.05, 0.1) is 6.42 Å². The van der Waals surface area contributed by atoms with E-state index in [4.69, 9.17) is 4.74 Å². The highest BCUT2D eigenvalue weighted by atomic mass is 16.6. The monoisotopic (exact) mass is 227 g/mol. The average Bonchev–Trinajstić information content (AvgIpc) is 2.42. The average molecular weight is 227 g/mol. The molecule has 0 fully saturated rings. The zero-order chi connectivity index (χ0) is 12.3. The summed E-state index contributed by atoms with van der Waals surface area (Å²) >= 11 is 0. The Labute approximate surface area is 93.6 Å². The highest BCUT2D eigenvalue weighted by Crippen LogP contribution is 2.09. The molecule has 0 aliphatic heterocycles. The van der Waals surface area contributed by atoms with E-state index in [2.05, 4.69) is 10.2 Å². The highest BCUT2D eigenvalue weighted by molar-refractivity contribution is 5.70. The van der Waals surface area contributed by atoms with Crippen LogP contribution in [0.2, 0.25) is 0 Å². The molecule has 0 atom stereocenters. The van der Waals surface area contributed by atoms with Crippen LogP contribution in [-0.2, 0) is 23.0 Å². The van der Waals surface area contributed by atoms with Crippen LogP contribution < -0.4 is 5.69 Å². The van der Waals surface area contributed by atoms with Crippen LogP contribution in [0.4, 0.5) is 0 Å². The Morgan fingerprint density at radius 3 is 2.56 bits per heavy atom. The van der Waals surface area contributed by atoms with Gasteiger partial charge in [-0.2, -0.15) is 5.10 Å². The molecule has 1 aromatic heterocycles. The number of nitrogens with one attached hydrogen (secondary N) is 1. The minimum atomic E-state index is -0.478. The summed E-state index contributed by atoms with van der Waals surface area (Å²) in [6, 6.07) is 0. The molecule has 0 spiro atoms. The standard InChI is InChI=1S/C10H17N3O3/c1-10(2,3)16-8(14)6-5-7-11-12-9(15)13(7)4/h5-6H2,1-4H3,(H,12,15). The molecule has 0 saturated heterocycles. The molecular formula is C10H17N3O3. The van der Waals surface area contributed by atoms with Gasteiger partial charge in [0, 0.05) is 13.5 Å². The molecule has 1 heterocycles. The van der Waals surface area contributed by atoms with Gasteiger partial charge in [0.25, 0.3) is 0 Å². The van der Waals surface area contributed by atoms with E-state index in [0.29, 0.717) is 12.2 Å². The van der Waals surface area contributed by atoms with E-state index in [-0.39, 0.29) is 18.1 Å². The number of H-pyrrole nitrogens is 1. The van der Waals surface area contributed by atoms with E-state index < -0.39 is 5.60 Å². The molecule has 1 N–H and O–H groups in total. The summed E-state index contributed by atoms with van der Waals surface area (Å²) < 4.78 is 6.52. The number of carbonyl (C=O) groups excluding carboxylic acids is 1. The van der Waals surface area contributed by atoms with Gasteiger partial charge in [-0.05, 0) is 20.8 Å². The number of aryl methyl sites for hydroxylation is 1. The molecule has 0 radical (unpaired) electrons. The number of aromatic amines is 1. The topological polar surface area (TPSA) is 77.0 Å². The van der Waals surface area contributed by atoms with Crippen molar-refractivity contribution in [3.05, 3.63) is 16.3 Å². The molecule has 1 aromatic rings. The normalized spacial score (nSPS) is 11.5. The van der Waals surface area contributed by atoms with E-state index in [0.717, 1.165) is 0 Å². The van der Waals surface area contributed by atoms with Crippen LogP contribution in [0.15, 0.2) is 4.79 Å². The molecular weight excluding hydrogens is 210 g/mol. The summed E-state index contributed by atoms with van der Waals surface area (Å²) in [5.74, 6) is 0.263. The predicted molar refractivity (Wildman–Crippen MR) is 58.0 cm³/mol. The number of carbonyl (C=O) groups is 1. The summed E-state index contributed by atoms with van der Waals surface area (Å²) in [6.07, 6.45) is 0.611. The lowest BCUT2D eigenvalue weighted by molar-refractivity contribution is -0.154. The second-order valence-corrected chi connectivity index (χ2v) is 4.59. The largest absolute Gasteiger partial charge is 0.460 e. The van der Waals surface area contributed by atoms with Gasteiger partial charge in [-0.15, -0.1) is 0 Å². The maximum absolute atomic E-state index is 11.4. The molecule has 0 aliphatic rings. The Morgan fingerprint density at radius 2 is 2.12 bits per heavy atom. The van der Waals surface area contributed by atoms with Crippen molar-refractivity contribution in [2.24, 2.45) is 7.05 Å². The number of aromatic nitrogens is 3. The third kappa shape index (κ3) is 3.52. The molecule has 0 unspecified atom stereocenters. The Balaban J connectivity index is 2.50. The van der Waals surface area contributed by atoms with Crippen LogP contribution in [0.25, 0.3) is 0 Å². The van der Waals surface area contributed by atoms with Crippen LogP contribution >= 0.6 is 0 Å². The van der Waals surface area contributed by atoms with Crippen molar-refractivity contribution in [2.45, 2.75) is 39.2 Å². The smallest absolute Gasteiger partial charge is 0.343 e. The first-order chi connectivity index (χ1) is 7.29. The SMILES string of the molecule is Cn1c(CCC(=O)OC(C)(C)C)n[nH]c1=O. The Hall–Kier alpha value is -1.59. The first kappa shape index (κ1) is 12.5. The van der Waals surface area contributed by atoms with Crippen LogP contribution in [0, 0.1) is 0 Å². The van der Waals surface area contributed by atoms with Gasteiger partial charge in [0.2, 0.25) is 0 Å². The third-order valence-electron chi connectivity index (χ3n) is 1.95. The molecule has 6 nitrogen and oxygen atoms in total. The van der Waals surface area contributed by atoms with Crippen molar-refractivity contribution in [3.63, 3.8) is 0 Å². The minimum absolute atomic E-state index is 0.218. The van der Waals surface area contributed by atoms with Crippen LogP contribution in [0.3, 0.4) is 0 Å². The maximum atomic E-state index is 11.4. The fourth-order valence-corrected chi connectivity index (χ4v) is 1.21. The third-order valence-corrected chi connectivity index (χ3v) is 1.95. The molecule has 0 aromatic carbocycles. The highest BCUT2D eigenvalue weighted by Gasteiger charge is 2.16. The molecule has 0 bridgehead atoms. The molecule has 0 amide bonds. The van der Waals surface area contributed by atoms with Crippen LogP contribution in [-0.4, -0.2) is 26.3 Å². The van der Waals surface area contributed by atoms with Gasteiger partial charge >= 0.3 is 11.7 Å². The lowest BCUT2D eigenvalue weighted by Crippen LogP contribution is -2.24. The van der Waals surface area contributed by atoms with Gasteiger partial charge in [-0.25, -0.2) is 9.89 Å². The van der Waals surface area contributed by atoms with E-state index in [1.165, 1.54) is 4.57 Å². The lowest BCUT2D eigenvalue weighted by atomic mass is 10.2. The summed E-state index contributed by atoms with van der Waals surface area (Å²) in [6.45, 7) is 5.44. The number of nitrogens with zero attached hydrogens (tertiary/aromatic N) is 2. The summed E-state index contributed by atoms with van der Waals surface area (Å²) in [7, 11) is 1.61. The lowest BCUT2D eigenvalue weighted by Gasteiger charge is -2.19. The van der Waals surface area contributed by atoms with Gasteiger partial charge in [-0.3, -0.25) is 9.36 Å². The van der Waals surface area contributed by atoms with E-state index in [1.807, 2.05) is 20.8 Å². The minimum Gasteiger partial charge on any atom is -0.460 e. The molecule has 16 heavy (non-hydrogen) atoms. The predicted octanol–water partition coefficient (Wildman–Crippen LogP) is 0.383. The maximum Gasteiger partial charge on any atom is 0.343 e. The van der Waals surface area contributed by atoms with Crippen molar-refractivity contribution in [3.8, 4) is 0 Å². The Kier molecular flexibility index (Phi) is 3.51. The quantitative estimate of drug-likeness (QED) is 0.757. The fourth-order valence-electron chi connectivity index (χ4n) is 1.21. The van der Waals surface area contributed by atoms with Gasteiger partial charge in [0.15, 0.2) is 0 Å². The second kappa shape index (κ2) is 4.51. The number of esters is 1. The number of hydrogen-bond acceptors (Lipinski definition) is 4. The molecule has 1 rings (SSSR count). The molecule has 0 aliphatic carbocycles. The van der Waals surface area contributed by atoms with E-state index in [9.17, 15) is 9.59 Å². The van der Waals surface area contributed by atoms with Crippen LogP contribution in [0.5, 0.6) is 0 Å². The summed E-state index contributed by atoms with van der Waals surface area (Å²) in [5.41, 5.74) is -0.756. The van der Waals surface area contributed by atoms with Crippen molar-refractivity contribution < 1.29 is 9.53 Å². The van der Waals surface area contributed by atoms with E-state index in [1.54, 1.807) is 7.05 Å². The Bertz CT molecular complexity index is 425. The zero-order valence-corrected chi connectivity index (χ0v) is 10.0. The molecule has 90 valence electrons. The molecule has 6 heteroatoms. The van der Waals surface area contributed by atoms with Crippen molar-refractivity contribution in [1.82, 2.24) is 14.8 Å².